The number of amides is 1. The molecular weight excluding hydrogens is 447 g/mol. The van der Waals surface area contributed by atoms with Crippen LogP contribution < -0.4 is 10.1 Å². The molecule has 176 valence electrons. The van der Waals surface area contributed by atoms with Gasteiger partial charge in [-0.05, 0) is 61.7 Å². The molecule has 0 aliphatic rings. The molecule has 0 saturated heterocycles. The van der Waals surface area contributed by atoms with Crippen LogP contribution in [0.3, 0.4) is 0 Å². The maximum absolute atomic E-state index is 13.8. The number of carbonyl (C=O) groups excluding carboxylic acids is 1. The number of rotatable bonds is 7. The maximum atomic E-state index is 13.8. The first-order chi connectivity index (χ1) is 15.5. The van der Waals surface area contributed by atoms with Crippen molar-refractivity contribution in [3.05, 3.63) is 76.2 Å². The van der Waals surface area contributed by atoms with Gasteiger partial charge in [0, 0.05) is 5.56 Å². The number of carbonyl (C=O) groups is 1. The molecule has 33 heavy (non-hydrogen) atoms. The van der Waals surface area contributed by atoms with E-state index in [0.717, 1.165) is 30.5 Å². The van der Waals surface area contributed by atoms with Crippen LogP contribution in [0.2, 0.25) is 0 Å². The Morgan fingerprint density at radius 2 is 1.85 bits per heavy atom. The molecule has 0 radical (unpaired) electrons. The molecule has 10 heteroatoms. The van der Waals surface area contributed by atoms with E-state index in [2.05, 4.69) is 10.3 Å². The molecule has 0 fully saturated rings. The number of ether oxygens (including phenoxy) is 1. The fourth-order valence-electron chi connectivity index (χ4n) is 3.09. The number of alkyl halides is 3. The van der Waals surface area contributed by atoms with E-state index in [1.807, 2.05) is 6.92 Å². The molecule has 2 aromatic carbocycles. The van der Waals surface area contributed by atoms with Crippen molar-refractivity contribution in [3.8, 4) is 11.8 Å². The number of benzene rings is 2. The number of oxazole rings is 1. The zero-order valence-corrected chi connectivity index (χ0v) is 18.0. The minimum Gasteiger partial charge on any atom is -0.416 e. The van der Waals surface area contributed by atoms with Gasteiger partial charge in [0.05, 0.1) is 11.6 Å². The highest BCUT2D eigenvalue weighted by molar-refractivity contribution is 5.92. The Kier molecular flexibility index (Phi) is 7.04. The molecule has 3 aromatic rings. The van der Waals surface area contributed by atoms with E-state index < -0.39 is 35.3 Å². The lowest BCUT2D eigenvalue weighted by Gasteiger charge is -2.14. The summed E-state index contributed by atoms with van der Waals surface area (Å²) < 4.78 is 77.2. The number of halogens is 5. The highest BCUT2D eigenvalue weighted by Crippen LogP contribution is 2.34. The molecule has 1 heterocycles. The van der Waals surface area contributed by atoms with Gasteiger partial charge in [0.15, 0.2) is 5.69 Å². The quantitative estimate of drug-likeness (QED) is 0.401. The molecule has 0 bridgehead atoms. The average Bonchev–Trinajstić information content (AvgIpc) is 3.21. The molecule has 1 aromatic heterocycles. The van der Waals surface area contributed by atoms with Crippen molar-refractivity contribution < 1.29 is 35.9 Å². The lowest BCUT2D eigenvalue weighted by molar-refractivity contribution is -0.137. The Morgan fingerprint density at radius 3 is 2.45 bits per heavy atom. The van der Waals surface area contributed by atoms with E-state index in [1.165, 1.54) is 19.9 Å². The summed E-state index contributed by atoms with van der Waals surface area (Å²) in [4.78, 5) is 16.4. The van der Waals surface area contributed by atoms with Gasteiger partial charge in [-0.3, -0.25) is 4.79 Å². The van der Waals surface area contributed by atoms with E-state index in [9.17, 15) is 26.7 Å². The van der Waals surface area contributed by atoms with Crippen molar-refractivity contribution in [2.24, 2.45) is 0 Å². The molecule has 0 saturated carbocycles. The third kappa shape index (κ3) is 5.68. The van der Waals surface area contributed by atoms with Gasteiger partial charge < -0.3 is 14.5 Å². The van der Waals surface area contributed by atoms with Crippen molar-refractivity contribution in [2.75, 3.05) is 0 Å². The number of hydrogen-bond acceptors (Lipinski definition) is 4. The van der Waals surface area contributed by atoms with E-state index in [4.69, 9.17) is 9.15 Å². The smallest absolute Gasteiger partial charge is 0.416 e. The first-order valence-electron chi connectivity index (χ1n) is 10.1. The van der Waals surface area contributed by atoms with Crippen LogP contribution in [0.5, 0.6) is 11.8 Å². The predicted octanol–water partition coefficient (Wildman–Crippen LogP) is 6.52. The summed E-state index contributed by atoms with van der Waals surface area (Å²) in [6.07, 6.45) is -2.91. The Balaban J connectivity index is 1.74. The van der Waals surface area contributed by atoms with Crippen molar-refractivity contribution in [1.29, 1.82) is 0 Å². The number of aromatic nitrogens is 1. The van der Waals surface area contributed by atoms with Gasteiger partial charge in [-0.1, -0.05) is 13.3 Å². The molecule has 0 unspecified atom stereocenters. The first kappa shape index (κ1) is 24.2. The van der Waals surface area contributed by atoms with E-state index >= 15 is 0 Å². The summed E-state index contributed by atoms with van der Waals surface area (Å²) in [5.74, 6) is -2.04. The fourth-order valence-corrected chi connectivity index (χ4v) is 3.09. The second kappa shape index (κ2) is 9.60. The standard InChI is InChI=1S/C23H21F5N2O3/c1-4-5-14-8-16(23(26,27)28)6-7-20(14)33-22-30-19(11-32-22)21(31)29-13(3)15-9-17(24)12(2)18(25)10-15/h6-11,13H,4-5H2,1-3H3,(H,29,31)/t13-/m1/s1. The van der Waals surface area contributed by atoms with Crippen LogP contribution in [-0.4, -0.2) is 10.9 Å². The lowest BCUT2D eigenvalue weighted by atomic mass is 10.1. The minimum atomic E-state index is -4.49. The summed E-state index contributed by atoms with van der Waals surface area (Å²) in [6, 6.07) is 4.56. The molecule has 0 spiro atoms. The number of nitrogens with zero attached hydrogens (tertiary/aromatic N) is 1. The summed E-state index contributed by atoms with van der Waals surface area (Å²) in [6.45, 7) is 4.65. The monoisotopic (exact) mass is 468 g/mol. The third-order valence-corrected chi connectivity index (χ3v) is 4.97. The van der Waals surface area contributed by atoms with Crippen LogP contribution in [0, 0.1) is 18.6 Å². The van der Waals surface area contributed by atoms with Gasteiger partial charge >= 0.3 is 12.3 Å². The Labute approximate surface area is 186 Å². The third-order valence-electron chi connectivity index (χ3n) is 4.97. The second-order valence-electron chi connectivity index (χ2n) is 7.48. The van der Waals surface area contributed by atoms with E-state index in [-0.39, 0.29) is 28.6 Å². The van der Waals surface area contributed by atoms with Crippen LogP contribution in [0.1, 0.15) is 59.1 Å². The molecule has 3 rings (SSSR count). The minimum absolute atomic E-state index is 0.123. The zero-order chi connectivity index (χ0) is 24.3. The molecule has 0 aliphatic heterocycles. The van der Waals surface area contributed by atoms with Crippen LogP contribution >= 0.6 is 0 Å². The maximum Gasteiger partial charge on any atom is 0.416 e. The second-order valence-corrected chi connectivity index (χ2v) is 7.48. The van der Waals surface area contributed by atoms with E-state index in [1.54, 1.807) is 0 Å². The Hall–Kier alpha value is -3.43. The SMILES string of the molecule is CCCc1cc(C(F)(F)F)ccc1Oc1nc(C(=O)N[C@H](C)c2cc(F)c(C)c(F)c2)co1. The summed E-state index contributed by atoms with van der Waals surface area (Å²) in [5.41, 5.74) is -0.565. The first-order valence-corrected chi connectivity index (χ1v) is 10.1. The average molecular weight is 468 g/mol. The zero-order valence-electron chi connectivity index (χ0n) is 18.0. The Morgan fingerprint density at radius 1 is 1.18 bits per heavy atom. The highest BCUT2D eigenvalue weighted by Gasteiger charge is 2.31. The highest BCUT2D eigenvalue weighted by atomic mass is 19.4. The van der Waals surface area contributed by atoms with Crippen molar-refractivity contribution in [3.63, 3.8) is 0 Å². The van der Waals surface area contributed by atoms with Gasteiger partial charge in [0.2, 0.25) is 0 Å². The number of hydrogen-bond donors (Lipinski definition) is 1. The van der Waals surface area contributed by atoms with Crippen molar-refractivity contribution in [2.45, 2.75) is 45.8 Å². The number of aryl methyl sites for hydroxylation is 1. The van der Waals surface area contributed by atoms with Gasteiger partial charge in [-0.25, -0.2) is 8.78 Å². The normalized spacial score (nSPS) is 12.5. The molecule has 1 N–H and O–H groups in total. The number of nitrogens with one attached hydrogen (secondary N) is 1. The van der Waals surface area contributed by atoms with Crippen LogP contribution in [-0.2, 0) is 12.6 Å². The van der Waals surface area contributed by atoms with Crippen LogP contribution in [0.15, 0.2) is 41.0 Å². The Bertz CT molecular complexity index is 1130. The van der Waals surface area contributed by atoms with E-state index in [0.29, 0.717) is 18.4 Å². The van der Waals surface area contributed by atoms with Crippen molar-refractivity contribution >= 4 is 5.91 Å². The molecular formula is C23H21F5N2O3. The van der Waals surface area contributed by atoms with Gasteiger partial charge in [0.1, 0.15) is 23.6 Å². The van der Waals surface area contributed by atoms with Gasteiger partial charge in [-0.2, -0.15) is 18.2 Å². The van der Waals surface area contributed by atoms with Crippen molar-refractivity contribution in [1.82, 2.24) is 10.3 Å². The lowest BCUT2D eigenvalue weighted by Crippen LogP contribution is -2.27. The fraction of sp³-hybridized carbons (Fsp3) is 0.304. The largest absolute Gasteiger partial charge is 0.416 e. The predicted molar refractivity (Wildman–Crippen MR) is 109 cm³/mol. The summed E-state index contributed by atoms with van der Waals surface area (Å²) in [5, 5.41) is 2.54. The summed E-state index contributed by atoms with van der Waals surface area (Å²) >= 11 is 0. The summed E-state index contributed by atoms with van der Waals surface area (Å²) in [7, 11) is 0. The van der Waals surface area contributed by atoms with Crippen LogP contribution in [0.25, 0.3) is 0 Å². The molecule has 1 amide bonds. The van der Waals surface area contributed by atoms with Crippen LogP contribution in [0.4, 0.5) is 22.0 Å². The van der Waals surface area contributed by atoms with Gasteiger partial charge in [0.25, 0.3) is 5.91 Å². The topological polar surface area (TPSA) is 64.4 Å². The molecule has 0 aliphatic carbocycles. The van der Waals surface area contributed by atoms with Gasteiger partial charge in [-0.15, -0.1) is 0 Å². The molecule has 1 atom stereocenters. The molecule has 5 nitrogen and oxygen atoms in total.